The fourth-order valence-electron chi connectivity index (χ4n) is 3.11. The van der Waals surface area contributed by atoms with Gasteiger partial charge < -0.3 is 14.6 Å². The number of rotatable bonds is 14. The highest BCUT2D eigenvalue weighted by atomic mass is 16.6. The second kappa shape index (κ2) is 12.9. The van der Waals surface area contributed by atoms with Crippen molar-refractivity contribution in [3.8, 4) is 0 Å². The molecule has 0 amide bonds. The zero-order valence-corrected chi connectivity index (χ0v) is 15.8. The summed E-state index contributed by atoms with van der Waals surface area (Å²) in [5, 5.41) is 9.62. The van der Waals surface area contributed by atoms with Gasteiger partial charge in [-0.15, -0.1) is 0 Å². The molecule has 0 aromatic heterocycles. The van der Waals surface area contributed by atoms with Crippen LogP contribution in [0.1, 0.15) is 90.9 Å². The van der Waals surface area contributed by atoms with Gasteiger partial charge in [-0.2, -0.15) is 0 Å². The van der Waals surface area contributed by atoms with E-state index in [1.54, 1.807) is 6.92 Å². The monoisotopic (exact) mass is 354 g/mol. The van der Waals surface area contributed by atoms with Crippen molar-refractivity contribution in [3.63, 3.8) is 0 Å². The Hall–Kier alpha value is -1.36. The fraction of sp³-hybridized carbons (Fsp3) is 0.800. The van der Waals surface area contributed by atoms with Gasteiger partial charge in [0.25, 0.3) is 0 Å². The summed E-state index contributed by atoms with van der Waals surface area (Å²) in [6.45, 7) is 3.74. The van der Waals surface area contributed by atoms with Crippen LogP contribution in [0.5, 0.6) is 0 Å². The summed E-state index contributed by atoms with van der Waals surface area (Å²) in [6, 6.07) is 0. The van der Waals surface area contributed by atoms with Crippen LogP contribution in [-0.4, -0.2) is 29.9 Å². The molecule has 0 radical (unpaired) electrons. The summed E-state index contributed by atoms with van der Waals surface area (Å²) in [5.41, 5.74) is 1.35. The molecule has 0 aliphatic carbocycles. The van der Waals surface area contributed by atoms with Gasteiger partial charge >= 0.3 is 11.9 Å². The Bertz CT molecular complexity index is 441. The average molecular weight is 354 g/mol. The van der Waals surface area contributed by atoms with Crippen LogP contribution < -0.4 is 0 Å². The molecule has 0 saturated heterocycles. The number of cyclic esters (lactones) is 1. The maximum atomic E-state index is 11.3. The Morgan fingerprint density at radius 3 is 1.88 bits per heavy atom. The van der Waals surface area contributed by atoms with E-state index in [9.17, 15) is 14.7 Å². The second-order valence-electron chi connectivity index (χ2n) is 6.89. The number of unbranched alkanes of at least 4 members (excludes halogenated alkanes) is 10. The van der Waals surface area contributed by atoms with Gasteiger partial charge in [-0.05, 0) is 26.2 Å². The predicted octanol–water partition coefficient (Wildman–Crippen LogP) is 4.42. The smallest absolute Gasteiger partial charge is 0.336 e. The molecule has 0 aromatic carbocycles. The third kappa shape index (κ3) is 9.63. The van der Waals surface area contributed by atoms with Gasteiger partial charge in [0.1, 0.15) is 0 Å². The van der Waals surface area contributed by atoms with Crippen molar-refractivity contribution in [2.75, 3.05) is 6.61 Å². The molecule has 0 aromatic rings. The minimum Gasteiger partial charge on any atom is -0.466 e. The Kier molecular flexibility index (Phi) is 11.2. The van der Waals surface area contributed by atoms with E-state index < -0.39 is 6.29 Å². The number of ether oxygens (including phenoxy) is 2. The van der Waals surface area contributed by atoms with Crippen LogP contribution in [0.15, 0.2) is 11.1 Å². The van der Waals surface area contributed by atoms with Crippen molar-refractivity contribution in [3.05, 3.63) is 11.1 Å². The van der Waals surface area contributed by atoms with Gasteiger partial charge in [-0.3, -0.25) is 4.79 Å². The molecule has 1 heterocycles. The lowest BCUT2D eigenvalue weighted by molar-refractivity contribution is -0.152. The van der Waals surface area contributed by atoms with E-state index in [0.717, 1.165) is 37.7 Å². The first-order chi connectivity index (χ1) is 12.0. The molecule has 1 unspecified atom stereocenters. The summed E-state index contributed by atoms with van der Waals surface area (Å²) in [4.78, 5) is 21.9. The molecule has 0 fully saturated rings. The van der Waals surface area contributed by atoms with Crippen LogP contribution in [0, 0.1) is 0 Å². The fourth-order valence-corrected chi connectivity index (χ4v) is 3.11. The topological polar surface area (TPSA) is 72.8 Å². The second-order valence-corrected chi connectivity index (χ2v) is 6.89. The predicted molar refractivity (Wildman–Crippen MR) is 96.8 cm³/mol. The van der Waals surface area contributed by atoms with Gasteiger partial charge in [0.15, 0.2) is 0 Å². The molecule has 144 valence electrons. The third-order valence-corrected chi connectivity index (χ3v) is 4.70. The van der Waals surface area contributed by atoms with Crippen molar-refractivity contribution in [2.24, 2.45) is 0 Å². The zero-order chi connectivity index (χ0) is 18.5. The van der Waals surface area contributed by atoms with Crippen molar-refractivity contribution in [2.45, 2.75) is 97.2 Å². The number of carbonyl (C=O) groups is 2. The minimum atomic E-state index is -1.01. The molecule has 1 aliphatic heterocycles. The SMILES string of the molecule is CC(=O)OCCCCCCCCCCCCCC1=C(C)C(=O)OC1O. The molecular weight excluding hydrogens is 320 g/mol. The van der Waals surface area contributed by atoms with Crippen molar-refractivity contribution >= 4 is 11.9 Å². The molecule has 0 saturated carbocycles. The van der Waals surface area contributed by atoms with E-state index in [-0.39, 0.29) is 11.9 Å². The number of hydrogen-bond donors (Lipinski definition) is 1. The number of hydrogen-bond acceptors (Lipinski definition) is 5. The molecule has 1 rings (SSSR count). The van der Waals surface area contributed by atoms with Gasteiger partial charge in [0.05, 0.1) is 6.61 Å². The van der Waals surface area contributed by atoms with Crippen LogP contribution in [0.25, 0.3) is 0 Å². The Labute approximate surface area is 151 Å². The van der Waals surface area contributed by atoms with E-state index in [1.807, 2.05) is 0 Å². The first kappa shape index (κ1) is 21.7. The van der Waals surface area contributed by atoms with E-state index in [4.69, 9.17) is 9.47 Å². The zero-order valence-electron chi connectivity index (χ0n) is 15.8. The minimum absolute atomic E-state index is 0.187. The van der Waals surface area contributed by atoms with Crippen LogP contribution in [0.3, 0.4) is 0 Å². The Morgan fingerprint density at radius 1 is 0.960 bits per heavy atom. The molecule has 0 spiro atoms. The lowest BCUT2D eigenvalue weighted by Gasteiger charge is -2.07. The van der Waals surface area contributed by atoms with E-state index in [2.05, 4.69) is 0 Å². The summed E-state index contributed by atoms with van der Waals surface area (Å²) in [6.07, 6.45) is 12.8. The van der Waals surface area contributed by atoms with Crippen LogP contribution in [0.4, 0.5) is 0 Å². The van der Waals surface area contributed by atoms with Crippen LogP contribution >= 0.6 is 0 Å². The molecule has 1 atom stereocenters. The quantitative estimate of drug-likeness (QED) is 0.369. The van der Waals surface area contributed by atoms with Gasteiger partial charge in [0, 0.05) is 18.1 Å². The number of esters is 2. The summed E-state index contributed by atoms with van der Waals surface area (Å²) < 4.78 is 9.69. The summed E-state index contributed by atoms with van der Waals surface area (Å²) in [5.74, 6) is -0.568. The maximum Gasteiger partial charge on any atom is 0.336 e. The molecule has 5 nitrogen and oxygen atoms in total. The number of carbonyl (C=O) groups excluding carboxylic acids is 2. The average Bonchev–Trinajstić information content (AvgIpc) is 2.80. The first-order valence-electron chi connectivity index (χ1n) is 9.74. The van der Waals surface area contributed by atoms with Crippen molar-refractivity contribution < 1.29 is 24.2 Å². The lowest BCUT2D eigenvalue weighted by Crippen LogP contribution is -2.09. The molecular formula is C20H34O5. The lowest BCUT2D eigenvalue weighted by atomic mass is 10.0. The van der Waals surface area contributed by atoms with Crippen LogP contribution in [-0.2, 0) is 19.1 Å². The standard InChI is InChI=1S/C20H34O5/c1-16-18(20(23)25-19(16)22)14-12-10-8-6-4-3-5-7-9-11-13-15-24-17(2)21/h20,23H,3-15H2,1-2H3. The number of aliphatic hydroxyl groups is 1. The van der Waals surface area contributed by atoms with Crippen molar-refractivity contribution in [1.82, 2.24) is 0 Å². The van der Waals surface area contributed by atoms with E-state index in [1.165, 1.54) is 51.9 Å². The highest BCUT2D eigenvalue weighted by Gasteiger charge is 2.28. The highest BCUT2D eigenvalue weighted by molar-refractivity contribution is 5.91. The maximum absolute atomic E-state index is 11.3. The molecule has 5 heteroatoms. The molecule has 0 bridgehead atoms. The largest absolute Gasteiger partial charge is 0.466 e. The molecule has 1 aliphatic rings. The van der Waals surface area contributed by atoms with Crippen molar-refractivity contribution in [1.29, 1.82) is 0 Å². The number of aliphatic hydroxyl groups excluding tert-OH is 1. The molecule has 25 heavy (non-hydrogen) atoms. The van der Waals surface area contributed by atoms with E-state index >= 15 is 0 Å². The first-order valence-corrected chi connectivity index (χ1v) is 9.74. The normalized spacial score (nSPS) is 17.1. The summed E-state index contributed by atoms with van der Waals surface area (Å²) in [7, 11) is 0. The van der Waals surface area contributed by atoms with Gasteiger partial charge in [-0.1, -0.05) is 57.8 Å². The Morgan fingerprint density at radius 2 is 1.44 bits per heavy atom. The third-order valence-electron chi connectivity index (χ3n) is 4.70. The van der Waals surface area contributed by atoms with Gasteiger partial charge in [-0.25, -0.2) is 4.79 Å². The van der Waals surface area contributed by atoms with E-state index in [0.29, 0.717) is 12.2 Å². The van der Waals surface area contributed by atoms with Crippen LogP contribution in [0.2, 0.25) is 0 Å². The highest BCUT2D eigenvalue weighted by Crippen LogP contribution is 2.25. The summed E-state index contributed by atoms with van der Waals surface area (Å²) >= 11 is 0. The molecule has 1 N–H and O–H groups in total. The Balaban J connectivity index is 1.84. The van der Waals surface area contributed by atoms with Gasteiger partial charge in [0.2, 0.25) is 6.29 Å².